The first kappa shape index (κ1) is 15.7. The van der Waals surface area contributed by atoms with Crippen molar-refractivity contribution in [3.8, 4) is 5.75 Å². The van der Waals surface area contributed by atoms with Gasteiger partial charge in [-0.3, -0.25) is 0 Å². The second kappa shape index (κ2) is 7.31. The molecule has 94 valence electrons. The summed E-state index contributed by atoms with van der Waals surface area (Å²) >= 11 is 6.67. The Morgan fingerprint density at radius 2 is 1.82 bits per heavy atom. The number of carbonyl (C=O) groups is 1. The van der Waals surface area contributed by atoms with Crippen molar-refractivity contribution in [1.29, 1.82) is 0 Å². The minimum atomic E-state index is -0.540. The van der Waals surface area contributed by atoms with Crippen LogP contribution in [-0.4, -0.2) is 19.2 Å². The number of halogens is 3. The Balaban J connectivity index is 2.98. The molecule has 0 aliphatic rings. The van der Waals surface area contributed by atoms with Crippen molar-refractivity contribution in [2.24, 2.45) is 0 Å². The summed E-state index contributed by atoms with van der Waals surface area (Å²) in [5.41, 5.74) is 0. The van der Waals surface area contributed by atoms with E-state index in [9.17, 15) is 4.79 Å². The average Bonchev–Trinajstić information content (AvgIpc) is 2.27. The first-order valence-corrected chi connectivity index (χ1v) is 8.12. The number of carbonyl (C=O) groups excluding carboxylic acids is 1. The van der Waals surface area contributed by atoms with Crippen molar-refractivity contribution in [3.05, 3.63) is 22.8 Å². The van der Waals surface area contributed by atoms with E-state index in [1.54, 1.807) is 0 Å². The van der Waals surface area contributed by atoms with E-state index in [1.165, 1.54) is 7.11 Å². The van der Waals surface area contributed by atoms with Crippen molar-refractivity contribution in [2.75, 3.05) is 7.11 Å². The summed E-state index contributed by atoms with van der Waals surface area (Å²) in [4.78, 5) is 11.5. The fraction of sp³-hybridized carbons (Fsp3) is 0.364. The van der Waals surface area contributed by atoms with E-state index in [-0.39, 0.29) is 5.97 Å². The molecule has 17 heavy (non-hydrogen) atoms. The van der Waals surface area contributed by atoms with Crippen LogP contribution < -0.4 is 4.74 Å². The first-order chi connectivity index (χ1) is 7.99. The number of esters is 1. The van der Waals surface area contributed by atoms with Gasteiger partial charge in [-0.2, -0.15) is 0 Å². The maximum Gasteiger partial charge on any atom is 0.347 e. The maximum atomic E-state index is 11.5. The zero-order chi connectivity index (χ0) is 13.0. The highest BCUT2D eigenvalue weighted by molar-refractivity contribution is 14.1. The molecule has 1 rings (SSSR count). The van der Waals surface area contributed by atoms with Crippen LogP contribution in [-0.2, 0) is 9.53 Å². The van der Waals surface area contributed by atoms with Gasteiger partial charge in [0.25, 0.3) is 0 Å². The van der Waals surface area contributed by atoms with Gasteiger partial charge in [0.1, 0.15) is 5.75 Å². The summed E-state index contributed by atoms with van der Waals surface area (Å²) in [5, 5.41) is 0. The highest BCUT2D eigenvalue weighted by Gasteiger charge is 2.21. The molecular formula is C11H11I3O3. The third kappa shape index (κ3) is 4.37. The molecule has 0 fully saturated rings. The molecular weight excluding hydrogens is 561 g/mol. The van der Waals surface area contributed by atoms with Crippen molar-refractivity contribution < 1.29 is 14.3 Å². The minimum absolute atomic E-state index is 0.336. The maximum absolute atomic E-state index is 11.5. The number of hydrogen-bond acceptors (Lipinski definition) is 3. The third-order valence-electron chi connectivity index (χ3n) is 2.06. The summed E-state index contributed by atoms with van der Waals surface area (Å²) in [6.07, 6.45) is 0.0484. The van der Waals surface area contributed by atoms with Crippen molar-refractivity contribution in [3.63, 3.8) is 0 Å². The normalized spacial score (nSPS) is 12.1. The molecule has 0 radical (unpaired) electrons. The van der Waals surface area contributed by atoms with Gasteiger partial charge >= 0.3 is 5.97 Å². The van der Waals surface area contributed by atoms with Crippen LogP contribution >= 0.6 is 67.8 Å². The highest BCUT2D eigenvalue weighted by atomic mass is 127. The van der Waals surface area contributed by atoms with Crippen LogP contribution in [0.2, 0.25) is 0 Å². The topological polar surface area (TPSA) is 35.5 Å². The molecule has 0 aliphatic carbocycles. The molecule has 1 atom stereocenters. The Bertz CT molecular complexity index is 397. The molecule has 0 aromatic heterocycles. The molecule has 0 saturated carbocycles. The predicted octanol–water partition coefficient (Wildman–Crippen LogP) is 3.83. The Labute approximate surface area is 141 Å². The van der Waals surface area contributed by atoms with Gasteiger partial charge in [0.05, 0.1) is 14.3 Å². The lowest BCUT2D eigenvalue weighted by atomic mass is 10.2. The van der Waals surface area contributed by atoms with Crippen LogP contribution in [0.3, 0.4) is 0 Å². The molecule has 3 nitrogen and oxygen atoms in total. The lowest BCUT2D eigenvalue weighted by Crippen LogP contribution is -2.28. The molecule has 1 aromatic rings. The van der Waals surface area contributed by atoms with Gasteiger partial charge in [-0.15, -0.1) is 0 Å². The number of benzene rings is 1. The Morgan fingerprint density at radius 1 is 1.29 bits per heavy atom. The zero-order valence-electron chi connectivity index (χ0n) is 9.30. The number of hydrogen-bond donors (Lipinski definition) is 0. The fourth-order valence-electron chi connectivity index (χ4n) is 1.21. The molecule has 0 amide bonds. The lowest BCUT2D eigenvalue weighted by molar-refractivity contribution is -0.149. The molecule has 0 heterocycles. The summed E-state index contributed by atoms with van der Waals surface area (Å²) in [5.74, 6) is 0.418. The van der Waals surface area contributed by atoms with Crippen LogP contribution in [0.1, 0.15) is 13.3 Å². The molecule has 1 aromatic carbocycles. The number of ether oxygens (including phenoxy) is 2. The van der Waals surface area contributed by atoms with E-state index in [0.717, 1.165) is 16.5 Å². The van der Waals surface area contributed by atoms with E-state index in [2.05, 4.69) is 67.8 Å². The van der Waals surface area contributed by atoms with Gasteiger partial charge in [-0.25, -0.2) is 4.79 Å². The molecule has 0 N–H and O–H groups in total. The third-order valence-corrected chi connectivity index (χ3v) is 4.28. The van der Waals surface area contributed by atoms with E-state index >= 15 is 0 Å². The molecule has 0 unspecified atom stereocenters. The second-order valence-electron chi connectivity index (χ2n) is 3.24. The summed E-state index contributed by atoms with van der Waals surface area (Å²) < 4.78 is 13.6. The molecule has 0 aliphatic heterocycles. The van der Waals surface area contributed by atoms with Crippen molar-refractivity contribution >= 4 is 73.7 Å². The van der Waals surface area contributed by atoms with Crippen LogP contribution in [0.15, 0.2) is 12.1 Å². The molecule has 0 bridgehead atoms. The smallest absolute Gasteiger partial charge is 0.347 e. The molecule has 0 spiro atoms. The Hall–Kier alpha value is 0.680. The Kier molecular flexibility index (Phi) is 6.77. The van der Waals surface area contributed by atoms with Crippen LogP contribution in [0, 0.1) is 10.7 Å². The van der Waals surface area contributed by atoms with Gasteiger partial charge in [0.15, 0.2) is 6.10 Å². The predicted molar refractivity (Wildman–Crippen MR) is 91.3 cm³/mol. The highest BCUT2D eigenvalue weighted by Crippen LogP contribution is 2.30. The fourth-order valence-corrected chi connectivity index (χ4v) is 5.05. The van der Waals surface area contributed by atoms with Gasteiger partial charge in [-0.05, 0) is 86.3 Å². The van der Waals surface area contributed by atoms with E-state index in [4.69, 9.17) is 9.47 Å². The number of rotatable bonds is 4. The number of methoxy groups -OCH3 is 1. The quantitative estimate of drug-likeness (QED) is 0.407. The standard InChI is InChI=1S/C11H11I3O3/c1-3-9(11(15)16-2)17-10-7(13)4-6(12)5-8(10)14/h4-5,9H,3H2,1-2H3/t9-/m1/s1. The zero-order valence-corrected chi connectivity index (χ0v) is 15.8. The Morgan fingerprint density at radius 3 is 2.24 bits per heavy atom. The van der Waals surface area contributed by atoms with Crippen LogP contribution in [0.25, 0.3) is 0 Å². The lowest BCUT2D eigenvalue weighted by Gasteiger charge is -2.17. The van der Waals surface area contributed by atoms with Gasteiger partial charge in [-0.1, -0.05) is 6.92 Å². The van der Waals surface area contributed by atoms with Crippen molar-refractivity contribution in [2.45, 2.75) is 19.4 Å². The van der Waals surface area contributed by atoms with Gasteiger partial charge in [0, 0.05) is 3.57 Å². The summed E-state index contributed by atoms with van der Waals surface area (Å²) in [7, 11) is 1.37. The van der Waals surface area contributed by atoms with E-state index < -0.39 is 6.10 Å². The molecule has 6 heteroatoms. The summed E-state index contributed by atoms with van der Waals surface area (Å²) in [6, 6.07) is 4.03. The monoisotopic (exact) mass is 572 g/mol. The van der Waals surface area contributed by atoms with E-state index in [0.29, 0.717) is 6.42 Å². The largest absolute Gasteiger partial charge is 0.477 e. The van der Waals surface area contributed by atoms with Crippen molar-refractivity contribution in [1.82, 2.24) is 0 Å². The van der Waals surface area contributed by atoms with Gasteiger partial charge < -0.3 is 9.47 Å². The van der Waals surface area contributed by atoms with Gasteiger partial charge in [0.2, 0.25) is 0 Å². The van der Waals surface area contributed by atoms with Crippen LogP contribution in [0.5, 0.6) is 5.75 Å². The van der Waals surface area contributed by atoms with E-state index in [1.807, 2.05) is 19.1 Å². The average molecular weight is 572 g/mol. The SMILES string of the molecule is CC[C@@H](Oc1c(I)cc(I)cc1I)C(=O)OC. The summed E-state index contributed by atoms with van der Waals surface area (Å²) in [6.45, 7) is 1.90. The first-order valence-electron chi connectivity index (χ1n) is 4.88. The van der Waals surface area contributed by atoms with Crippen LogP contribution in [0.4, 0.5) is 0 Å². The molecule has 0 saturated heterocycles. The second-order valence-corrected chi connectivity index (χ2v) is 6.81. The minimum Gasteiger partial charge on any atom is -0.477 e.